The summed E-state index contributed by atoms with van der Waals surface area (Å²) in [7, 11) is 0. The first-order valence-electron chi connectivity index (χ1n) is 10.0. The molecule has 1 atom stereocenters. The normalized spacial score (nSPS) is 16.3. The van der Waals surface area contributed by atoms with E-state index in [4.69, 9.17) is 0 Å². The van der Waals surface area contributed by atoms with Crippen LogP contribution in [-0.2, 0) is 11.3 Å². The molecular formula is C23H23FN4O2. The lowest BCUT2D eigenvalue weighted by atomic mass is 9.96. The number of carbonyl (C=O) groups excluding carboxylic acids is 2. The van der Waals surface area contributed by atoms with Crippen molar-refractivity contribution in [3.63, 3.8) is 0 Å². The Morgan fingerprint density at radius 2 is 1.97 bits per heavy atom. The first-order valence-corrected chi connectivity index (χ1v) is 10.0. The van der Waals surface area contributed by atoms with Gasteiger partial charge in [0.15, 0.2) is 0 Å². The largest absolute Gasteiger partial charge is 0.338 e. The molecule has 2 amide bonds. The van der Waals surface area contributed by atoms with Gasteiger partial charge in [-0.2, -0.15) is 5.10 Å². The Hall–Kier alpha value is -3.48. The topological polar surface area (TPSA) is 67.2 Å². The zero-order valence-electron chi connectivity index (χ0n) is 16.5. The minimum atomic E-state index is -0.378. The second kappa shape index (κ2) is 8.90. The Balaban J connectivity index is 1.38. The molecule has 30 heavy (non-hydrogen) atoms. The molecular weight excluding hydrogens is 383 g/mol. The van der Waals surface area contributed by atoms with Crippen molar-refractivity contribution in [2.24, 2.45) is 5.92 Å². The molecule has 0 radical (unpaired) electrons. The Labute approximate surface area is 174 Å². The molecule has 1 aliphatic rings. The molecule has 1 fully saturated rings. The van der Waals surface area contributed by atoms with E-state index in [1.807, 2.05) is 41.2 Å². The minimum absolute atomic E-state index is 0.0946. The quantitative estimate of drug-likeness (QED) is 0.705. The fourth-order valence-electron chi connectivity index (χ4n) is 3.72. The highest BCUT2D eigenvalue weighted by Gasteiger charge is 2.29. The maximum atomic E-state index is 13.1. The average Bonchev–Trinajstić information content (AvgIpc) is 3.27. The van der Waals surface area contributed by atoms with Crippen LogP contribution in [0.5, 0.6) is 0 Å². The van der Waals surface area contributed by atoms with Gasteiger partial charge in [-0.15, -0.1) is 0 Å². The summed E-state index contributed by atoms with van der Waals surface area (Å²) >= 11 is 0. The molecule has 0 bridgehead atoms. The van der Waals surface area contributed by atoms with E-state index >= 15 is 0 Å². The first kappa shape index (κ1) is 19.8. The van der Waals surface area contributed by atoms with Crippen LogP contribution >= 0.6 is 0 Å². The summed E-state index contributed by atoms with van der Waals surface area (Å²) in [5, 5.41) is 7.18. The van der Waals surface area contributed by atoms with E-state index in [0.29, 0.717) is 25.2 Å². The van der Waals surface area contributed by atoms with Gasteiger partial charge in [0.05, 0.1) is 12.5 Å². The van der Waals surface area contributed by atoms with Gasteiger partial charge in [0.1, 0.15) is 5.82 Å². The van der Waals surface area contributed by atoms with Gasteiger partial charge < -0.3 is 10.2 Å². The Kier molecular flexibility index (Phi) is 5.88. The first-order chi connectivity index (χ1) is 14.6. The number of hydrogen-bond donors (Lipinski definition) is 1. The highest BCUT2D eigenvalue weighted by Crippen LogP contribution is 2.21. The summed E-state index contributed by atoms with van der Waals surface area (Å²) in [4.78, 5) is 27.2. The number of aromatic nitrogens is 2. The molecule has 0 aliphatic carbocycles. The number of halogens is 1. The zero-order valence-corrected chi connectivity index (χ0v) is 16.5. The van der Waals surface area contributed by atoms with E-state index in [0.717, 1.165) is 24.1 Å². The third-order valence-electron chi connectivity index (χ3n) is 5.27. The van der Waals surface area contributed by atoms with Gasteiger partial charge in [0.25, 0.3) is 5.91 Å². The second-order valence-corrected chi connectivity index (χ2v) is 7.49. The molecule has 7 heteroatoms. The molecule has 1 N–H and O–H groups in total. The molecule has 2 aromatic carbocycles. The van der Waals surface area contributed by atoms with Crippen LogP contribution in [0.25, 0.3) is 0 Å². The van der Waals surface area contributed by atoms with Crippen molar-refractivity contribution >= 4 is 17.5 Å². The molecule has 0 saturated carbocycles. The van der Waals surface area contributed by atoms with Crippen LogP contribution in [0.1, 0.15) is 28.8 Å². The molecule has 154 valence electrons. The van der Waals surface area contributed by atoms with E-state index in [1.54, 1.807) is 11.1 Å². The van der Waals surface area contributed by atoms with Crippen LogP contribution in [0.15, 0.2) is 67.0 Å². The van der Waals surface area contributed by atoms with Crippen LogP contribution in [0.3, 0.4) is 0 Å². The lowest BCUT2D eigenvalue weighted by Crippen LogP contribution is -2.43. The standard InChI is InChI=1S/C23H23FN4O2/c24-20-9-7-18(8-10-20)23(30)27-12-2-5-19(16-27)22(29)26-21-6-1-4-17(14-21)15-28-13-3-11-25-28/h1,3-4,6-11,13-14,19H,2,5,12,15-16H2,(H,26,29). The number of carbonyl (C=O) groups is 2. The molecule has 1 saturated heterocycles. The molecule has 1 aliphatic heterocycles. The smallest absolute Gasteiger partial charge is 0.253 e. The van der Waals surface area contributed by atoms with Gasteiger partial charge in [-0.1, -0.05) is 12.1 Å². The molecule has 2 heterocycles. The van der Waals surface area contributed by atoms with Gasteiger partial charge in [-0.05, 0) is 60.9 Å². The number of nitrogens with one attached hydrogen (secondary N) is 1. The number of amides is 2. The highest BCUT2D eigenvalue weighted by atomic mass is 19.1. The number of piperidine rings is 1. The number of hydrogen-bond acceptors (Lipinski definition) is 3. The predicted molar refractivity (Wildman–Crippen MR) is 111 cm³/mol. The number of nitrogens with zero attached hydrogens (tertiary/aromatic N) is 3. The molecule has 3 aromatic rings. The van der Waals surface area contributed by atoms with Gasteiger partial charge in [-0.25, -0.2) is 4.39 Å². The van der Waals surface area contributed by atoms with Crippen LogP contribution in [0, 0.1) is 11.7 Å². The highest BCUT2D eigenvalue weighted by molar-refractivity contribution is 5.96. The van der Waals surface area contributed by atoms with Crippen molar-refractivity contribution in [1.29, 1.82) is 0 Å². The summed E-state index contributed by atoms with van der Waals surface area (Å²) in [6.07, 6.45) is 5.10. The van der Waals surface area contributed by atoms with Crippen molar-refractivity contribution in [2.45, 2.75) is 19.4 Å². The van der Waals surface area contributed by atoms with Crippen LogP contribution < -0.4 is 5.32 Å². The predicted octanol–water partition coefficient (Wildman–Crippen LogP) is 3.56. The van der Waals surface area contributed by atoms with Crippen LogP contribution in [0.4, 0.5) is 10.1 Å². The van der Waals surface area contributed by atoms with Crippen molar-refractivity contribution in [1.82, 2.24) is 14.7 Å². The van der Waals surface area contributed by atoms with Gasteiger partial charge in [0.2, 0.25) is 5.91 Å². The van der Waals surface area contributed by atoms with Gasteiger partial charge in [-0.3, -0.25) is 14.3 Å². The Morgan fingerprint density at radius 1 is 1.13 bits per heavy atom. The lowest BCUT2D eigenvalue weighted by Gasteiger charge is -2.32. The third-order valence-corrected chi connectivity index (χ3v) is 5.27. The fourth-order valence-corrected chi connectivity index (χ4v) is 3.72. The SMILES string of the molecule is O=C(Nc1cccc(Cn2cccn2)c1)C1CCCN(C(=O)c2ccc(F)cc2)C1. The van der Waals surface area contributed by atoms with Crippen molar-refractivity contribution in [3.05, 3.63) is 83.9 Å². The summed E-state index contributed by atoms with van der Waals surface area (Å²) in [5.41, 5.74) is 2.20. The van der Waals surface area contributed by atoms with Crippen molar-refractivity contribution in [3.8, 4) is 0 Å². The number of rotatable bonds is 5. The van der Waals surface area contributed by atoms with E-state index in [-0.39, 0.29) is 23.5 Å². The number of anilines is 1. The van der Waals surface area contributed by atoms with Crippen LogP contribution in [-0.4, -0.2) is 39.6 Å². The minimum Gasteiger partial charge on any atom is -0.338 e. The van der Waals surface area contributed by atoms with Crippen molar-refractivity contribution in [2.75, 3.05) is 18.4 Å². The average molecular weight is 406 g/mol. The monoisotopic (exact) mass is 406 g/mol. The number of likely N-dealkylation sites (tertiary alicyclic amines) is 1. The Bertz CT molecular complexity index is 1020. The van der Waals surface area contributed by atoms with E-state index in [9.17, 15) is 14.0 Å². The summed E-state index contributed by atoms with van der Waals surface area (Å²) < 4.78 is 14.9. The summed E-state index contributed by atoms with van der Waals surface area (Å²) in [6.45, 7) is 1.58. The summed E-state index contributed by atoms with van der Waals surface area (Å²) in [5.74, 6) is -0.924. The molecule has 1 unspecified atom stereocenters. The third kappa shape index (κ3) is 4.74. The molecule has 0 spiro atoms. The lowest BCUT2D eigenvalue weighted by molar-refractivity contribution is -0.121. The van der Waals surface area contributed by atoms with Crippen molar-refractivity contribution < 1.29 is 14.0 Å². The van der Waals surface area contributed by atoms with E-state index in [1.165, 1.54) is 24.3 Å². The zero-order chi connectivity index (χ0) is 20.9. The molecule has 1 aromatic heterocycles. The maximum absolute atomic E-state index is 13.1. The van der Waals surface area contributed by atoms with E-state index in [2.05, 4.69) is 10.4 Å². The second-order valence-electron chi connectivity index (χ2n) is 7.49. The summed E-state index contributed by atoms with van der Waals surface area (Å²) in [6, 6.07) is 15.1. The molecule has 6 nitrogen and oxygen atoms in total. The van der Waals surface area contributed by atoms with Gasteiger partial charge in [0, 0.05) is 36.7 Å². The van der Waals surface area contributed by atoms with E-state index < -0.39 is 0 Å². The van der Waals surface area contributed by atoms with Crippen LogP contribution in [0.2, 0.25) is 0 Å². The number of benzene rings is 2. The molecule has 4 rings (SSSR count). The maximum Gasteiger partial charge on any atom is 0.253 e. The van der Waals surface area contributed by atoms with Gasteiger partial charge >= 0.3 is 0 Å². The Morgan fingerprint density at radius 3 is 2.73 bits per heavy atom. The fraction of sp³-hybridized carbons (Fsp3) is 0.261.